The molecular weight excluding hydrogens is 386 g/mol. The monoisotopic (exact) mass is 405 g/mol. The summed E-state index contributed by atoms with van der Waals surface area (Å²) in [5.74, 6) is 0.551. The quantitative estimate of drug-likeness (QED) is 0.375. The molecule has 2 aromatic heterocycles. The number of H-pyrrole nitrogens is 1. The second-order valence-corrected chi connectivity index (χ2v) is 6.34. The molecule has 0 bridgehead atoms. The summed E-state index contributed by atoms with van der Waals surface area (Å²) in [6.45, 7) is 0.187. The van der Waals surface area contributed by atoms with E-state index in [-0.39, 0.29) is 24.5 Å². The molecule has 0 spiro atoms. The van der Waals surface area contributed by atoms with E-state index in [2.05, 4.69) is 10.1 Å². The lowest BCUT2D eigenvalue weighted by Crippen LogP contribution is -2.16. The number of esters is 1. The predicted octanol–water partition coefficient (Wildman–Crippen LogP) is 2.93. The van der Waals surface area contributed by atoms with Crippen LogP contribution in [0.2, 0.25) is 0 Å². The van der Waals surface area contributed by atoms with Crippen LogP contribution in [0.5, 0.6) is 11.5 Å². The lowest BCUT2D eigenvalue weighted by atomic mass is 10.1. The average Bonchev–Trinajstić information content (AvgIpc) is 3.22. The molecule has 0 amide bonds. The zero-order chi connectivity index (χ0) is 20.9. The number of nitrogens with one attached hydrogen (secondary N) is 1. The van der Waals surface area contributed by atoms with Crippen LogP contribution in [-0.4, -0.2) is 40.9 Å². The Bertz CT molecular complexity index is 1230. The molecule has 2 heterocycles. The number of carbonyl (C=O) groups is 1. The van der Waals surface area contributed by atoms with Gasteiger partial charge in [-0.3, -0.25) is 9.89 Å². The third-order valence-electron chi connectivity index (χ3n) is 4.38. The molecule has 4 rings (SSSR count). The van der Waals surface area contributed by atoms with Crippen molar-refractivity contribution in [1.29, 1.82) is 0 Å². The molecule has 4 aromatic rings. The molecule has 0 saturated heterocycles. The van der Waals surface area contributed by atoms with E-state index in [1.165, 1.54) is 16.6 Å². The van der Waals surface area contributed by atoms with Crippen molar-refractivity contribution in [2.75, 3.05) is 20.3 Å². The number of para-hydroxylation sites is 2. The maximum absolute atomic E-state index is 12.4. The predicted molar refractivity (Wildman–Crippen MR) is 110 cm³/mol. The van der Waals surface area contributed by atoms with Crippen LogP contribution in [0.1, 0.15) is 10.5 Å². The fourth-order valence-electron chi connectivity index (χ4n) is 2.95. The minimum absolute atomic E-state index is 0.0316. The lowest BCUT2D eigenvalue weighted by molar-refractivity contribution is 0.0442. The van der Waals surface area contributed by atoms with Gasteiger partial charge in [-0.15, -0.1) is 0 Å². The van der Waals surface area contributed by atoms with Crippen LogP contribution in [0.15, 0.2) is 71.5 Å². The Kier molecular flexibility index (Phi) is 5.47. The Morgan fingerprint density at radius 3 is 2.50 bits per heavy atom. The molecule has 0 fully saturated rings. The molecule has 0 atom stereocenters. The number of nitrogens with zero attached hydrogens (tertiary/aromatic N) is 2. The normalized spacial score (nSPS) is 10.7. The summed E-state index contributed by atoms with van der Waals surface area (Å²) in [7, 11) is 1.55. The molecule has 0 saturated carbocycles. The van der Waals surface area contributed by atoms with E-state index in [1.807, 2.05) is 42.5 Å². The second-order valence-electron chi connectivity index (χ2n) is 6.34. The summed E-state index contributed by atoms with van der Waals surface area (Å²) < 4.78 is 17.2. The molecule has 0 radical (unpaired) electrons. The van der Waals surface area contributed by atoms with Gasteiger partial charge in [0, 0.05) is 17.7 Å². The van der Waals surface area contributed by atoms with Crippen LogP contribution in [0, 0.1) is 0 Å². The maximum Gasteiger partial charge on any atom is 0.356 e. The van der Waals surface area contributed by atoms with Crippen molar-refractivity contribution in [3.8, 4) is 22.8 Å². The van der Waals surface area contributed by atoms with Crippen LogP contribution < -0.4 is 15.0 Å². The maximum atomic E-state index is 12.4. The summed E-state index contributed by atoms with van der Waals surface area (Å²) in [6.07, 6.45) is 0. The first-order valence-corrected chi connectivity index (χ1v) is 9.27. The Hall–Kier alpha value is -4.07. The van der Waals surface area contributed by atoms with Gasteiger partial charge in [-0.05, 0) is 12.1 Å². The summed E-state index contributed by atoms with van der Waals surface area (Å²) in [5, 5.41) is 2.73. The third-order valence-corrected chi connectivity index (χ3v) is 4.38. The number of rotatable bonds is 7. The Labute approximate surface area is 171 Å². The minimum atomic E-state index is -0.607. The van der Waals surface area contributed by atoms with Gasteiger partial charge in [-0.25, -0.2) is 14.3 Å². The molecule has 152 valence electrons. The highest BCUT2D eigenvalue weighted by Crippen LogP contribution is 2.25. The SMILES string of the molecule is COc1ccccc1OCCOC(=O)c1cc2nc(-c3ccccc3)cc(=O)n2[nH]1. The number of benzene rings is 2. The minimum Gasteiger partial charge on any atom is -0.493 e. The first-order valence-electron chi connectivity index (χ1n) is 9.27. The molecule has 0 unspecified atom stereocenters. The second kappa shape index (κ2) is 8.52. The van der Waals surface area contributed by atoms with E-state index in [1.54, 1.807) is 19.2 Å². The summed E-state index contributed by atoms with van der Waals surface area (Å²) in [5.41, 5.74) is 1.48. The van der Waals surface area contributed by atoms with E-state index in [9.17, 15) is 9.59 Å². The number of methoxy groups -OCH3 is 1. The topological polar surface area (TPSA) is 94.9 Å². The number of hydrogen-bond acceptors (Lipinski definition) is 6. The summed E-state index contributed by atoms with van der Waals surface area (Å²) >= 11 is 0. The zero-order valence-electron chi connectivity index (χ0n) is 16.2. The highest BCUT2D eigenvalue weighted by atomic mass is 16.6. The summed E-state index contributed by atoms with van der Waals surface area (Å²) in [4.78, 5) is 29.2. The number of aromatic nitrogens is 3. The van der Waals surface area contributed by atoms with Crippen molar-refractivity contribution in [3.63, 3.8) is 0 Å². The molecule has 0 aliphatic rings. The van der Waals surface area contributed by atoms with Crippen molar-refractivity contribution >= 4 is 11.6 Å². The third kappa shape index (κ3) is 4.02. The van der Waals surface area contributed by atoms with Gasteiger partial charge >= 0.3 is 5.97 Å². The zero-order valence-corrected chi connectivity index (χ0v) is 16.2. The molecular formula is C22H19N3O5. The van der Waals surface area contributed by atoms with Gasteiger partial charge in [-0.2, -0.15) is 0 Å². The largest absolute Gasteiger partial charge is 0.493 e. The molecule has 30 heavy (non-hydrogen) atoms. The van der Waals surface area contributed by atoms with Crippen molar-refractivity contribution in [3.05, 3.63) is 82.8 Å². The van der Waals surface area contributed by atoms with Crippen LogP contribution in [0.3, 0.4) is 0 Å². The van der Waals surface area contributed by atoms with Crippen LogP contribution in [0.25, 0.3) is 16.9 Å². The van der Waals surface area contributed by atoms with Crippen molar-refractivity contribution in [1.82, 2.24) is 14.6 Å². The van der Waals surface area contributed by atoms with Crippen molar-refractivity contribution < 1.29 is 19.0 Å². The highest BCUT2D eigenvalue weighted by molar-refractivity contribution is 5.88. The van der Waals surface area contributed by atoms with E-state index in [0.717, 1.165) is 5.56 Å². The molecule has 0 aliphatic carbocycles. The van der Waals surface area contributed by atoms with E-state index >= 15 is 0 Å². The first kappa shape index (κ1) is 19.3. The van der Waals surface area contributed by atoms with Crippen molar-refractivity contribution in [2.45, 2.75) is 0 Å². The first-order chi connectivity index (χ1) is 14.7. The van der Waals surface area contributed by atoms with Gasteiger partial charge in [0.2, 0.25) is 0 Å². The Balaban J connectivity index is 1.43. The molecule has 8 heteroatoms. The number of aromatic amines is 1. The van der Waals surface area contributed by atoms with E-state index < -0.39 is 5.97 Å². The van der Waals surface area contributed by atoms with Gasteiger partial charge < -0.3 is 14.2 Å². The standard InChI is InChI=1S/C22H19N3O5/c1-28-18-9-5-6-10-19(18)29-11-12-30-22(27)17-13-20-23-16(14-21(26)25(20)24-17)15-7-3-2-4-8-15/h2-10,13-14,24H,11-12H2,1H3. The van der Waals surface area contributed by atoms with E-state index in [0.29, 0.717) is 22.8 Å². The number of ether oxygens (including phenoxy) is 3. The Morgan fingerprint density at radius 1 is 1.00 bits per heavy atom. The molecule has 0 aliphatic heterocycles. The van der Waals surface area contributed by atoms with Crippen molar-refractivity contribution in [2.24, 2.45) is 0 Å². The smallest absolute Gasteiger partial charge is 0.356 e. The number of hydrogen-bond donors (Lipinski definition) is 1. The number of carbonyl (C=O) groups excluding carboxylic acids is 1. The Morgan fingerprint density at radius 2 is 1.73 bits per heavy atom. The van der Waals surface area contributed by atoms with E-state index in [4.69, 9.17) is 14.2 Å². The van der Waals surface area contributed by atoms with Crippen LogP contribution in [0.4, 0.5) is 0 Å². The highest BCUT2D eigenvalue weighted by Gasteiger charge is 2.14. The van der Waals surface area contributed by atoms with Gasteiger partial charge in [0.1, 0.15) is 18.9 Å². The lowest BCUT2D eigenvalue weighted by Gasteiger charge is -2.10. The fourth-order valence-corrected chi connectivity index (χ4v) is 2.95. The van der Waals surface area contributed by atoms with Gasteiger partial charge in [0.05, 0.1) is 12.8 Å². The van der Waals surface area contributed by atoms with Crippen LogP contribution in [-0.2, 0) is 4.74 Å². The van der Waals surface area contributed by atoms with Gasteiger partial charge in [0.25, 0.3) is 5.56 Å². The molecule has 1 N–H and O–H groups in total. The van der Waals surface area contributed by atoms with Gasteiger partial charge in [-0.1, -0.05) is 42.5 Å². The average molecular weight is 405 g/mol. The fraction of sp³-hybridized carbons (Fsp3) is 0.136. The molecule has 2 aromatic carbocycles. The van der Waals surface area contributed by atoms with Gasteiger partial charge in [0.15, 0.2) is 17.1 Å². The van der Waals surface area contributed by atoms with Crippen LogP contribution >= 0.6 is 0 Å². The number of fused-ring (bicyclic) bond motifs is 1. The summed E-state index contributed by atoms with van der Waals surface area (Å²) in [6, 6.07) is 19.4. The molecule has 8 nitrogen and oxygen atoms in total.